The van der Waals surface area contributed by atoms with E-state index in [0.717, 1.165) is 5.56 Å². The molecule has 0 aromatic heterocycles. The number of aliphatic hydroxyl groups is 1. The van der Waals surface area contributed by atoms with E-state index in [2.05, 4.69) is 5.32 Å². The molecule has 1 aromatic rings. The van der Waals surface area contributed by atoms with E-state index in [9.17, 15) is 4.79 Å². The number of rotatable bonds is 5. The number of aliphatic hydroxyl groups excluding tert-OH is 1. The molecule has 2 N–H and O–H groups in total. The maximum atomic E-state index is 11.5. The van der Waals surface area contributed by atoms with Gasteiger partial charge in [0.05, 0.1) is 0 Å². The summed E-state index contributed by atoms with van der Waals surface area (Å²) in [5.74, 6) is -0.378. The minimum atomic E-state index is -0.653. The van der Waals surface area contributed by atoms with Crippen LogP contribution in [0.4, 0.5) is 0 Å². The van der Waals surface area contributed by atoms with E-state index >= 15 is 0 Å². The largest absolute Gasteiger partial charge is 0.396 e. The van der Waals surface area contributed by atoms with Gasteiger partial charge in [0.1, 0.15) is 5.38 Å². The highest BCUT2D eigenvalue weighted by Gasteiger charge is 2.26. The van der Waals surface area contributed by atoms with Crippen LogP contribution in [0.3, 0.4) is 0 Å². The lowest BCUT2D eigenvalue weighted by Gasteiger charge is -2.20. The Morgan fingerprint density at radius 1 is 1.44 bits per heavy atom. The van der Waals surface area contributed by atoms with Gasteiger partial charge in [0.2, 0.25) is 5.91 Å². The van der Waals surface area contributed by atoms with Crippen molar-refractivity contribution in [2.75, 3.05) is 13.7 Å². The van der Waals surface area contributed by atoms with Gasteiger partial charge >= 0.3 is 0 Å². The summed E-state index contributed by atoms with van der Waals surface area (Å²) in [6, 6.07) is 9.53. The molecule has 1 aromatic carbocycles. The van der Waals surface area contributed by atoms with Gasteiger partial charge in [-0.3, -0.25) is 4.79 Å². The third-order valence-electron chi connectivity index (χ3n) is 2.52. The lowest BCUT2D eigenvalue weighted by molar-refractivity contribution is -0.120. The molecule has 2 unspecified atom stereocenters. The monoisotopic (exact) mass is 241 g/mol. The Bertz CT molecular complexity index is 329. The predicted octanol–water partition coefficient (Wildman–Crippen LogP) is 1.51. The number of alkyl halides is 1. The molecular formula is C12H16ClNO2. The molecule has 0 radical (unpaired) electrons. The number of hydrogen-bond acceptors (Lipinski definition) is 2. The summed E-state index contributed by atoms with van der Waals surface area (Å²) in [6.45, 7) is 0.0137. The van der Waals surface area contributed by atoms with Crippen LogP contribution in [0.2, 0.25) is 0 Å². The summed E-state index contributed by atoms with van der Waals surface area (Å²) in [4.78, 5) is 11.5. The Morgan fingerprint density at radius 2 is 2.06 bits per heavy atom. The van der Waals surface area contributed by atoms with Crippen molar-refractivity contribution in [1.29, 1.82) is 0 Å². The minimum absolute atomic E-state index is 0.0137. The number of halogens is 1. The molecule has 0 spiro atoms. The van der Waals surface area contributed by atoms with Gasteiger partial charge in [-0.05, 0) is 12.0 Å². The molecule has 0 aliphatic heterocycles. The molecule has 0 heterocycles. The van der Waals surface area contributed by atoms with Gasteiger partial charge in [-0.15, -0.1) is 11.6 Å². The Balaban J connectivity index is 2.86. The SMILES string of the molecule is CNC(=O)C(Cl)C(CCO)c1ccccc1. The lowest BCUT2D eigenvalue weighted by atomic mass is 9.92. The van der Waals surface area contributed by atoms with Crippen LogP contribution in [-0.2, 0) is 4.79 Å². The number of benzene rings is 1. The summed E-state index contributed by atoms with van der Waals surface area (Å²) >= 11 is 6.09. The molecule has 0 saturated heterocycles. The second-order valence-electron chi connectivity index (χ2n) is 3.55. The summed E-state index contributed by atoms with van der Waals surface area (Å²) in [6.07, 6.45) is 0.478. The second-order valence-corrected chi connectivity index (χ2v) is 4.02. The predicted molar refractivity (Wildman–Crippen MR) is 64.6 cm³/mol. The van der Waals surface area contributed by atoms with E-state index < -0.39 is 5.38 Å². The first-order chi connectivity index (χ1) is 7.70. The number of carbonyl (C=O) groups excluding carboxylic acids is 1. The van der Waals surface area contributed by atoms with Crippen molar-refractivity contribution in [2.45, 2.75) is 17.7 Å². The van der Waals surface area contributed by atoms with E-state index in [4.69, 9.17) is 16.7 Å². The van der Waals surface area contributed by atoms with Crippen molar-refractivity contribution in [2.24, 2.45) is 0 Å². The highest BCUT2D eigenvalue weighted by Crippen LogP contribution is 2.27. The van der Waals surface area contributed by atoms with Crippen molar-refractivity contribution in [1.82, 2.24) is 5.32 Å². The van der Waals surface area contributed by atoms with Crippen molar-refractivity contribution >= 4 is 17.5 Å². The van der Waals surface area contributed by atoms with Crippen LogP contribution in [0.1, 0.15) is 17.9 Å². The van der Waals surface area contributed by atoms with Gasteiger partial charge in [-0.2, -0.15) is 0 Å². The molecule has 2 atom stereocenters. The number of amides is 1. The first-order valence-electron chi connectivity index (χ1n) is 5.22. The molecule has 0 saturated carbocycles. The van der Waals surface area contributed by atoms with Crippen molar-refractivity contribution in [3.63, 3.8) is 0 Å². The zero-order valence-corrected chi connectivity index (χ0v) is 9.95. The number of hydrogen-bond donors (Lipinski definition) is 2. The maximum absolute atomic E-state index is 11.5. The molecule has 3 nitrogen and oxygen atoms in total. The Labute approximate surface area is 100 Å². The molecule has 0 aliphatic rings. The van der Waals surface area contributed by atoms with E-state index in [-0.39, 0.29) is 18.4 Å². The van der Waals surface area contributed by atoms with Crippen LogP contribution in [-0.4, -0.2) is 30.0 Å². The van der Waals surface area contributed by atoms with Gasteiger partial charge in [-0.25, -0.2) is 0 Å². The number of nitrogens with one attached hydrogen (secondary N) is 1. The molecule has 0 fully saturated rings. The fourth-order valence-corrected chi connectivity index (χ4v) is 2.02. The fraction of sp³-hybridized carbons (Fsp3) is 0.417. The summed E-state index contributed by atoms with van der Waals surface area (Å²) in [5.41, 5.74) is 0.972. The zero-order valence-electron chi connectivity index (χ0n) is 9.19. The van der Waals surface area contributed by atoms with Gasteiger partial charge < -0.3 is 10.4 Å². The van der Waals surface area contributed by atoms with E-state index in [0.29, 0.717) is 6.42 Å². The van der Waals surface area contributed by atoms with Crippen LogP contribution in [0, 0.1) is 0 Å². The third kappa shape index (κ3) is 3.22. The Kier molecular flexibility index (Phi) is 5.29. The maximum Gasteiger partial charge on any atom is 0.238 e. The van der Waals surface area contributed by atoms with Gasteiger partial charge in [0.15, 0.2) is 0 Å². The van der Waals surface area contributed by atoms with E-state index in [1.54, 1.807) is 7.05 Å². The first-order valence-corrected chi connectivity index (χ1v) is 5.65. The molecule has 0 bridgehead atoms. The van der Waals surface area contributed by atoms with Crippen LogP contribution in [0.5, 0.6) is 0 Å². The fourth-order valence-electron chi connectivity index (χ4n) is 1.64. The topological polar surface area (TPSA) is 49.3 Å². The minimum Gasteiger partial charge on any atom is -0.396 e. The van der Waals surface area contributed by atoms with Crippen LogP contribution in [0.15, 0.2) is 30.3 Å². The highest BCUT2D eigenvalue weighted by molar-refractivity contribution is 6.31. The summed E-state index contributed by atoms with van der Waals surface area (Å²) in [7, 11) is 1.55. The van der Waals surface area contributed by atoms with Crippen LogP contribution < -0.4 is 5.32 Å². The molecule has 1 rings (SSSR count). The van der Waals surface area contributed by atoms with Gasteiger partial charge in [0.25, 0.3) is 0 Å². The third-order valence-corrected chi connectivity index (χ3v) is 3.02. The Hall–Kier alpha value is -1.06. The highest BCUT2D eigenvalue weighted by atomic mass is 35.5. The van der Waals surface area contributed by atoms with Gasteiger partial charge in [-0.1, -0.05) is 30.3 Å². The van der Waals surface area contributed by atoms with Gasteiger partial charge in [0, 0.05) is 19.6 Å². The van der Waals surface area contributed by atoms with Crippen molar-refractivity contribution in [3.8, 4) is 0 Å². The second kappa shape index (κ2) is 6.51. The normalized spacial score (nSPS) is 14.2. The molecule has 88 valence electrons. The van der Waals surface area contributed by atoms with Crippen LogP contribution >= 0.6 is 11.6 Å². The van der Waals surface area contributed by atoms with E-state index in [1.165, 1.54) is 0 Å². The van der Waals surface area contributed by atoms with Crippen LogP contribution in [0.25, 0.3) is 0 Å². The first kappa shape index (κ1) is 13.0. The quantitative estimate of drug-likeness (QED) is 0.768. The van der Waals surface area contributed by atoms with Crippen molar-refractivity contribution in [3.05, 3.63) is 35.9 Å². The zero-order chi connectivity index (χ0) is 12.0. The molecule has 16 heavy (non-hydrogen) atoms. The Morgan fingerprint density at radius 3 is 2.56 bits per heavy atom. The lowest BCUT2D eigenvalue weighted by Crippen LogP contribution is -2.33. The smallest absolute Gasteiger partial charge is 0.238 e. The molecular weight excluding hydrogens is 226 g/mol. The molecule has 4 heteroatoms. The van der Waals surface area contributed by atoms with E-state index in [1.807, 2.05) is 30.3 Å². The average molecular weight is 242 g/mol. The number of carbonyl (C=O) groups is 1. The summed E-state index contributed by atoms with van der Waals surface area (Å²) in [5, 5.41) is 10.9. The molecule has 0 aliphatic carbocycles. The standard InChI is InChI=1S/C12H16ClNO2/c1-14-12(16)11(13)10(7-8-15)9-5-3-2-4-6-9/h2-6,10-11,15H,7-8H2,1H3,(H,14,16). The summed E-state index contributed by atoms with van der Waals surface area (Å²) < 4.78 is 0. The van der Waals surface area contributed by atoms with Crippen molar-refractivity contribution < 1.29 is 9.90 Å². The average Bonchev–Trinajstić information content (AvgIpc) is 2.35. The molecule has 1 amide bonds.